The molecule has 0 fully saturated rings. The van der Waals surface area contributed by atoms with Gasteiger partial charge in [-0.05, 0) is 12.1 Å². The molecule has 0 saturated carbocycles. The Balaban J connectivity index is 2.49. The molecule has 14 heavy (non-hydrogen) atoms. The molecule has 0 radical (unpaired) electrons. The Hall–Kier alpha value is -1.39. The van der Waals surface area contributed by atoms with Crippen molar-refractivity contribution in [2.24, 2.45) is 5.73 Å². The van der Waals surface area contributed by atoms with E-state index in [4.69, 9.17) is 10.5 Å². The number of methoxy groups -OCH3 is 1. The maximum absolute atomic E-state index is 11.4. The molecular weight excluding hydrogens is 180 g/mol. The molecule has 0 heterocycles. The largest absolute Gasteiger partial charge is 0.383 e. The fourth-order valence-corrected chi connectivity index (χ4v) is 1.01. The van der Waals surface area contributed by atoms with Crippen LogP contribution in [0, 0.1) is 0 Å². The van der Waals surface area contributed by atoms with Gasteiger partial charge in [-0.1, -0.05) is 18.2 Å². The molecule has 1 aromatic carbocycles. The van der Waals surface area contributed by atoms with Crippen molar-refractivity contribution in [3.63, 3.8) is 0 Å². The van der Waals surface area contributed by atoms with E-state index in [1.807, 2.05) is 18.2 Å². The lowest BCUT2D eigenvalue weighted by molar-refractivity contribution is -0.118. The molecule has 1 amide bonds. The van der Waals surface area contributed by atoms with Crippen LogP contribution >= 0.6 is 0 Å². The molecular formula is C10H14N2O2. The topological polar surface area (TPSA) is 64.3 Å². The molecule has 76 valence electrons. The predicted molar refractivity (Wildman–Crippen MR) is 54.9 cm³/mol. The van der Waals surface area contributed by atoms with Gasteiger partial charge in [-0.25, -0.2) is 0 Å². The van der Waals surface area contributed by atoms with E-state index in [1.165, 1.54) is 7.11 Å². The highest BCUT2D eigenvalue weighted by Gasteiger charge is 2.12. The Morgan fingerprint density at radius 2 is 2.14 bits per heavy atom. The molecule has 0 bridgehead atoms. The molecule has 1 rings (SSSR count). The lowest BCUT2D eigenvalue weighted by Gasteiger charge is -2.10. The summed E-state index contributed by atoms with van der Waals surface area (Å²) < 4.78 is 4.78. The van der Waals surface area contributed by atoms with Crippen molar-refractivity contribution in [2.45, 2.75) is 6.04 Å². The van der Waals surface area contributed by atoms with E-state index in [9.17, 15) is 4.79 Å². The zero-order chi connectivity index (χ0) is 10.4. The number of hydrogen-bond donors (Lipinski definition) is 2. The first-order valence-corrected chi connectivity index (χ1v) is 4.34. The average Bonchev–Trinajstić information content (AvgIpc) is 2.19. The summed E-state index contributed by atoms with van der Waals surface area (Å²) in [5, 5.41) is 2.68. The number of anilines is 1. The monoisotopic (exact) mass is 194 g/mol. The number of carbonyl (C=O) groups is 1. The van der Waals surface area contributed by atoms with Crippen LogP contribution in [0.1, 0.15) is 0 Å². The molecule has 4 heteroatoms. The normalized spacial score (nSPS) is 12.1. The van der Waals surface area contributed by atoms with Gasteiger partial charge in [0.25, 0.3) is 0 Å². The fraction of sp³-hybridized carbons (Fsp3) is 0.300. The molecule has 0 aliphatic heterocycles. The van der Waals surface area contributed by atoms with Crippen molar-refractivity contribution < 1.29 is 9.53 Å². The van der Waals surface area contributed by atoms with E-state index >= 15 is 0 Å². The maximum atomic E-state index is 11.4. The van der Waals surface area contributed by atoms with E-state index in [0.29, 0.717) is 0 Å². The minimum absolute atomic E-state index is 0.221. The van der Waals surface area contributed by atoms with Crippen LogP contribution < -0.4 is 11.1 Å². The van der Waals surface area contributed by atoms with Crippen molar-refractivity contribution in [3.8, 4) is 0 Å². The second-order valence-electron chi connectivity index (χ2n) is 2.92. The van der Waals surface area contributed by atoms with Crippen LogP contribution in [0.2, 0.25) is 0 Å². The summed E-state index contributed by atoms with van der Waals surface area (Å²) >= 11 is 0. The fourth-order valence-electron chi connectivity index (χ4n) is 1.01. The lowest BCUT2D eigenvalue weighted by atomic mass is 10.2. The summed E-state index contributed by atoms with van der Waals surface area (Å²) in [6.45, 7) is 0.221. The summed E-state index contributed by atoms with van der Waals surface area (Å²) in [6.07, 6.45) is 0. The maximum Gasteiger partial charge on any atom is 0.243 e. The number of nitrogens with two attached hydrogens (primary N) is 1. The second-order valence-corrected chi connectivity index (χ2v) is 2.92. The SMILES string of the molecule is COC[C@H](N)C(=O)Nc1ccccc1. The summed E-state index contributed by atoms with van der Waals surface area (Å²) in [5.41, 5.74) is 6.28. The second kappa shape index (κ2) is 5.36. The Bertz CT molecular complexity index is 287. The summed E-state index contributed by atoms with van der Waals surface area (Å²) in [4.78, 5) is 11.4. The smallest absolute Gasteiger partial charge is 0.243 e. The van der Waals surface area contributed by atoms with Gasteiger partial charge in [0.2, 0.25) is 5.91 Å². The molecule has 4 nitrogen and oxygen atoms in total. The lowest BCUT2D eigenvalue weighted by Crippen LogP contribution is -2.39. The Labute approximate surface area is 83.1 Å². The van der Waals surface area contributed by atoms with Gasteiger partial charge in [-0.3, -0.25) is 4.79 Å². The number of carbonyl (C=O) groups excluding carboxylic acids is 1. The minimum atomic E-state index is -0.625. The van der Waals surface area contributed by atoms with Gasteiger partial charge >= 0.3 is 0 Å². The number of rotatable bonds is 4. The number of hydrogen-bond acceptors (Lipinski definition) is 3. The van der Waals surface area contributed by atoms with Crippen molar-refractivity contribution >= 4 is 11.6 Å². The van der Waals surface area contributed by atoms with Crippen LogP contribution in [-0.2, 0) is 9.53 Å². The predicted octanol–water partition coefficient (Wildman–Crippen LogP) is 0.599. The number of benzene rings is 1. The third-order valence-electron chi connectivity index (χ3n) is 1.72. The van der Waals surface area contributed by atoms with Crippen LogP contribution in [0.3, 0.4) is 0 Å². The standard InChI is InChI=1S/C10H14N2O2/c1-14-7-9(11)10(13)12-8-5-3-2-4-6-8/h2-6,9H,7,11H2,1H3,(H,12,13)/t9-/m0/s1. The minimum Gasteiger partial charge on any atom is -0.383 e. The molecule has 0 aromatic heterocycles. The third kappa shape index (κ3) is 3.16. The number of ether oxygens (including phenoxy) is 1. The van der Waals surface area contributed by atoms with E-state index in [-0.39, 0.29) is 12.5 Å². The van der Waals surface area contributed by atoms with Crippen LogP contribution in [0.25, 0.3) is 0 Å². The molecule has 1 atom stereocenters. The van der Waals surface area contributed by atoms with Gasteiger partial charge in [-0.15, -0.1) is 0 Å². The van der Waals surface area contributed by atoms with E-state index < -0.39 is 6.04 Å². The van der Waals surface area contributed by atoms with Gasteiger partial charge < -0.3 is 15.8 Å². The number of nitrogens with one attached hydrogen (secondary N) is 1. The molecule has 0 unspecified atom stereocenters. The summed E-state index contributed by atoms with van der Waals surface area (Å²) in [7, 11) is 1.51. The van der Waals surface area contributed by atoms with Gasteiger partial charge in [0.15, 0.2) is 0 Å². The highest BCUT2D eigenvalue weighted by molar-refractivity contribution is 5.94. The molecule has 0 aliphatic carbocycles. The highest BCUT2D eigenvalue weighted by atomic mass is 16.5. The first kappa shape index (κ1) is 10.7. The quantitative estimate of drug-likeness (QED) is 0.737. The van der Waals surface area contributed by atoms with E-state index in [1.54, 1.807) is 12.1 Å². The van der Waals surface area contributed by atoms with Crippen LogP contribution in [0.15, 0.2) is 30.3 Å². The van der Waals surface area contributed by atoms with Crippen LogP contribution in [-0.4, -0.2) is 25.7 Å². The Kier molecular flexibility index (Phi) is 4.10. The van der Waals surface area contributed by atoms with Crippen LogP contribution in [0.5, 0.6) is 0 Å². The third-order valence-corrected chi connectivity index (χ3v) is 1.72. The number of amides is 1. The van der Waals surface area contributed by atoms with E-state index in [0.717, 1.165) is 5.69 Å². The van der Waals surface area contributed by atoms with Crippen LogP contribution in [0.4, 0.5) is 5.69 Å². The zero-order valence-electron chi connectivity index (χ0n) is 8.07. The van der Waals surface area contributed by atoms with Gasteiger partial charge in [0.1, 0.15) is 6.04 Å². The first-order chi connectivity index (χ1) is 6.74. The Morgan fingerprint density at radius 3 is 2.71 bits per heavy atom. The van der Waals surface area contributed by atoms with Crippen molar-refractivity contribution in [1.82, 2.24) is 0 Å². The van der Waals surface area contributed by atoms with Gasteiger partial charge in [0.05, 0.1) is 6.61 Å². The van der Waals surface area contributed by atoms with Crippen molar-refractivity contribution in [2.75, 3.05) is 19.0 Å². The molecule has 3 N–H and O–H groups in total. The highest BCUT2D eigenvalue weighted by Crippen LogP contribution is 2.04. The summed E-state index contributed by atoms with van der Waals surface area (Å²) in [6, 6.07) is 8.55. The molecule has 0 saturated heterocycles. The van der Waals surface area contributed by atoms with Crippen molar-refractivity contribution in [3.05, 3.63) is 30.3 Å². The Morgan fingerprint density at radius 1 is 1.50 bits per heavy atom. The molecule has 1 aromatic rings. The average molecular weight is 194 g/mol. The number of para-hydroxylation sites is 1. The summed E-state index contributed by atoms with van der Waals surface area (Å²) in [5.74, 6) is -0.238. The molecule has 0 spiro atoms. The zero-order valence-corrected chi connectivity index (χ0v) is 8.07. The van der Waals surface area contributed by atoms with Crippen molar-refractivity contribution in [1.29, 1.82) is 0 Å². The first-order valence-electron chi connectivity index (χ1n) is 4.34. The van der Waals surface area contributed by atoms with E-state index in [2.05, 4.69) is 5.32 Å². The van der Waals surface area contributed by atoms with Gasteiger partial charge in [-0.2, -0.15) is 0 Å². The van der Waals surface area contributed by atoms with Gasteiger partial charge in [0, 0.05) is 12.8 Å². The molecule has 0 aliphatic rings.